The van der Waals surface area contributed by atoms with E-state index >= 15 is 0 Å². The van der Waals surface area contributed by atoms with E-state index in [0.29, 0.717) is 0 Å². The molecule has 0 saturated heterocycles. The zero-order chi connectivity index (χ0) is 19.4. The van der Waals surface area contributed by atoms with Crippen LogP contribution in [-0.2, 0) is 6.54 Å². The van der Waals surface area contributed by atoms with Gasteiger partial charge in [-0.2, -0.15) is 4.57 Å². The third-order valence-corrected chi connectivity index (χ3v) is 5.78. The number of anilines is 2. The van der Waals surface area contributed by atoms with Gasteiger partial charge in [0.2, 0.25) is 11.0 Å². The van der Waals surface area contributed by atoms with Gasteiger partial charge in [-0.15, -0.1) is 0 Å². The molecular formula is C23H31BrN3+. The first-order chi connectivity index (χ1) is 13.0. The zero-order valence-electron chi connectivity index (χ0n) is 17.0. The molecule has 0 fully saturated rings. The van der Waals surface area contributed by atoms with Crippen molar-refractivity contribution in [2.45, 2.75) is 32.2 Å². The molecule has 0 bridgehead atoms. The van der Waals surface area contributed by atoms with Crippen molar-refractivity contribution < 1.29 is 4.57 Å². The fourth-order valence-electron chi connectivity index (χ4n) is 3.59. The number of pyridine rings is 1. The monoisotopic (exact) mass is 428 g/mol. The van der Waals surface area contributed by atoms with Crippen LogP contribution < -0.4 is 14.4 Å². The first kappa shape index (κ1) is 19.9. The summed E-state index contributed by atoms with van der Waals surface area (Å²) in [5.41, 5.74) is 5.15. The van der Waals surface area contributed by atoms with Crippen LogP contribution in [0.15, 0.2) is 42.5 Å². The minimum atomic E-state index is 1.06. The second-order valence-corrected chi connectivity index (χ2v) is 8.47. The number of alkyl halides is 1. The summed E-state index contributed by atoms with van der Waals surface area (Å²) >= 11 is 3.54. The van der Waals surface area contributed by atoms with E-state index in [4.69, 9.17) is 0 Å². The topological polar surface area (TPSA) is 10.4 Å². The quantitative estimate of drug-likeness (QED) is 0.206. The lowest BCUT2D eigenvalue weighted by Gasteiger charge is -2.15. The predicted molar refractivity (Wildman–Crippen MR) is 123 cm³/mol. The summed E-state index contributed by atoms with van der Waals surface area (Å²) in [4.78, 5) is 4.36. The third-order valence-electron chi connectivity index (χ3n) is 5.22. The van der Waals surface area contributed by atoms with Crippen LogP contribution in [0.2, 0.25) is 0 Å². The Hall–Kier alpha value is -1.81. The summed E-state index contributed by atoms with van der Waals surface area (Å²) in [7, 11) is 8.43. The van der Waals surface area contributed by atoms with E-state index in [0.717, 1.165) is 11.9 Å². The van der Waals surface area contributed by atoms with Crippen molar-refractivity contribution in [1.82, 2.24) is 0 Å². The molecule has 3 rings (SSSR count). The number of hydrogen-bond donors (Lipinski definition) is 0. The Morgan fingerprint density at radius 3 is 1.70 bits per heavy atom. The van der Waals surface area contributed by atoms with Gasteiger partial charge in [-0.1, -0.05) is 22.4 Å². The Bertz CT molecular complexity index is 852. The van der Waals surface area contributed by atoms with Gasteiger partial charge in [0.25, 0.3) is 0 Å². The van der Waals surface area contributed by atoms with Crippen LogP contribution >= 0.6 is 15.9 Å². The van der Waals surface area contributed by atoms with Crippen molar-refractivity contribution in [3.05, 3.63) is 42.5 Å². The molecule has 0 saturated carbocycles. The average Bonchev–Trinajstić information content (AvgIpc) is 2.66. The molecule has 0 aliphatic heterocycles. The van der Waals surface area contributed by atoms with Crippen molar-refractivity contribution >= 4 is 49.1 Å². The smallest absolute Gasteiger partial charge is 0.215 e. The number of rotatable bonds is 8. The standard InChI is InChI=1S/C23H31BrN3/c1-25(2)20-11-9-18-15-19-10-12-21(26(3)4)17-23(19)27(22(18)16-20)14-8-6-5-7-13-24/h9-12,15-17H,5-8,13-14H2,1-4H3/q+1. The minimum absolute atomic E-state index is 1.06. The maximum atomic E-state index is 3.54. The highest BCUT2D eigenvalue weighted by molar-refractivity contribution is 9.09. The Morgan fingerprint density at radius 2 is 1.22 bits per heavy atom. The maximum absolute atomic E-state index is 3.54. The molecule has 144 valence electrons. The summed E-state index contributed by atoms with van der Waals surface area (Å²) < 4.78 is 2.53. The number of aromatic nitrogens is 1. The van der Waals surface area contributed by atoms with Crippen LogP contribution in [0.5, 0.6) is 0 Å². The molecular weight excluding hydrogens is 398 g/mol. The second-order valence-electron chi connectivity index (χ2n) is 7.67. The number of fused-ring (bicyclic) bond motifs is 2. The van der Waals surface area contributed by atoms with Crippen LogP contribution in [-0.4, -0.2) is 33.5 Å². The molecule has 3 aromatic rings. The van der Waals surface area contributed by atoms with Gasteiger partial charge in [-0.25, -0.2) is 0 Å². The fourth-order valence-corrected chi connectivity index (χ4v) is 3.98. The molecule has 3 nitrogen and oxygen atoms in total. The van der Waals surface area contributed by atoms with Gasteiger partial charge < -0.3 is 9.80 Å². The van der Waals surface area contributed by atoms with Crippen molar-refractivity contribution in [2.75, 3.05) is 43.3 Å². The number of unbranched alkanes of at least 4 members (excludes halogenated alkanes) is 3. The normalized spacial score (nSPS) is 11.3. The summed E-state index contributed by atoms with van der Waals surface area (Å²) in [5, 5.41) is 3.73. The molecule has 27 heavy (non-hydrogen) atoms. The van der Waals surface area contributed by atoms with Gasteiger partial charge in [0.15, 0.2) is 0 Å². The van der Waals surface area contributed by atoms with E-state index < -0.39 is 0 Å². The molecule has 0 aliphatic carbocycles. The van der Waals surface area contributed by atoms with Crippen LogP contribution in [0.1, 0.15) is 25.7 Å². The Balaban J connectivity index is 2.11. The number of aryl methyl sites for hydroxylation is 1. The van der Waals surface area contributed by atoms with Crippen molar-refractivity contribution in [1.29, 1.82) is 0 Å². The van der Waals surface area contributed by atoms with Gasteiger partial charge in [0, 0.05) is 74.2 Å². The molecule has 0 N–H and O–H groups in total. The van der Waals surface area contributed by atoms with Crippen molar-refractivity contribution in [2.24, 2.45) is 0 Å². The highest BCUT2D eigenvalue weighted by atomic mass is 79.9. The van der Waals surface area contributed by atoms with E-state index in [2.05, 4.69) is 101 Å². The predicted octanol–water partition coefficient (Wildman–Crippen LogP) is 5.37. The fraction of sp³-hybridized carbons (Fsp3) is 0.435. The van der Waals surface area contributed by atoms with Gasteiger partial charge in [0.05, 0.1) is 0 Å². The molecule has 4 heteroatoms. The summed E-state index contributed by atoms with van der Waals surface area (Å²) in [6.45, 7) is 1.06. The average molecular weight is 429 g/mol. The van der Waals surface area contributed by atoms with Gasteiger partial charge >= 0.3 is 0 Å². The Labute approximate surface area is 171 Å². The molecule has 0 amide bonds. The van der Waals surface area contributed by atoms with Gasteiger partial charge in [0.1, 0.15) is 6.54 Å². The number of halogens is 1. The SMILES string of the molecule is CN(C)c1ccc2cc3ccc(N(C)C)cc3[n+](CCCCCCBr)c2c1. The Morgan fingerprint density at radius 1 is 0.704 bits per heavy atom. The number of benzene rings is 2. The molecule has 2 aromatic carbocycles. The summed E-state index contributed by atoms with van der Waals surface area (Å²) in [5.74, 6) is 0. The van der Waals surface area contributed by atoms with Crippen molar-refractivity contribution in [3.63, 3.8) is 0 Å². The van der Waals surface area contributed by atoms with E-state index in [1.54, 1.807) is 0 Å². The first-order valence-electron chi connectivity index (χ1n) is 9.82. The lowest BCUT2D eigenvalue weighted by Crippen LogP contribution is -2.36. The molecule has 0 unspecified atom stereocenters. The molecule has 0 atom stereocenters. The van der Waals surface area contributed by atoms with E-state index in [1.165, 1.54) is 58.9 Å². The highest BCUT2D eigenvalue weighted by Crippen LogP contribution is 2.25. The lowest BCUT2D eigenvalue weighted by atomic mass is 10.1. The molecule has 0 spiro atoms. The minimum Gasteiger partial charge on any atom is -0.377 e. The summed E-state index contributed by atoms with van der Waals surface area (Å²) in [6, 6.07) is 15.9. The zero-order valence-corrected chi connectivity index (χ0v) is 18.6. The number of nitrogens with zero attached hydrogens (tertiary/aromatic N) is 3. The van der Waals surface area contributed by atoms with Gasteiger partial charge in [-0.05, 0) is 43.2 Å². The van der Waals surface area contributed by atoms with Gasteiger partial charge in [-0.3, -0.25) is 0 Å². The van der Waals surface area contributed by atoms with E-state index in [1.807, 2.05) is 0 Å². The van der Waals surface area contributed by atoms with Crippen LogP contribution in [0.4, 0.5) is 11.4 Å². The number of hydrogen-bond acceptors (Lipinski definition) is 2. The summed E-state index contributed by atoms with van der Waals surface area (Å²) in [6.07, 6.45) is 5.04. The molecule has 1 aromatic heterocycles. The second kappa shape index (κ2) is 8.92. The van der Waals surface area contributed by atoms with Crippen LogP contribution in [0.25, 0.3) is 21.8 Å². The van der Waals surface area contributed by atoms with E-state index in [9.17, 15) is 0 Å². The Kier molecular flexibility index (Phi) is 6.59. The van der Waals surface area contributed by atoms with Crippen LogP contribution in [0.3, 0.4) is 0 Å². The first-order valence-corrected chi connectivity index (χ1v) is 10.9. The third kappa shape index (κ3) is 4.55. The lowest BCUT2D eigenvalue weighted by molar-refractivity contribution is -0.645. The maximum Gasteiger partial charge on any atom is 0.215 e. The van der Waals surface area contributed by atoms with Crippen molar-refractivity contribution in [3.8, 4) is 0 Å². The van der Waals surface area contributed by atoms with E-state index in [-0.39, 0.29) is 0 Å². The largest absolute Gasteiger partial charge is 0.377 e. The molecule has 1 heterocycles. The molecule has 0 radical (unpaired) electrons. The highest BCUT2D eigenvalue weighted by Gasteiger charge is 2.17. The molecule has 0 aliphatic rings. The van der Waals surface area contributed by atoms with Crippen LogP contribution in [0, 0.1) is 0 Å².